The molecule has 0 aliphatic heterocycles. The molecule has 4 nitrogen and oxygen atoms in total. The van der Waals surface area contributed by atoms with Crippen LogP contribution < -0.4 is 4.72 Å². The summed E-state index contributed by atoms with van der Waals surface area (Å²) in [6, 6.07) is 6.64. The first-order chi connectivity index (χ1) is 7.94. The lowest BCUT2D eigenvalue weighted by Gasteiger charge is -2.07. The van der Waals surface area contributed by atoms with E-state index in [1.165, 1.54) is 0 Å². The molecule has 0 aliphatic rings. The van der Waals surface area contributed by atoms with Crippen LogP contribution in [0.4, 0.5) is 0 Å². The second-order valence-electron chi connectivity index (χ2n) is 3.63. The molecule has 0 saturated carbocycles. The van der Waals surface area contributed by atoms with Crippen molar-refractivity contribution in [3.05, 3.63) is 34.9 Å². The first-order valence-electron chi connectivity index (χ1n) is 5.21. The number of halogens is 1. The molecule has 0 fully saturated rings. The lowest BCUT2D eigenvalue weighted by molar-refractivity contribution is -0.119. The third-order valence-electron chi connectivity index (χ3n) is 2.05. The fraction of sp³-hybridized carbons (Fsp3) is 0.364. The summed E-state index contributed by atoms with van der Waals surface area (Å²) in [4.78, 5) is 11.2. The Morgan fingerprint density at radius 1 is 1.35 bits per heavy atom. The van der Waals surface area contributed by atoms with Crippen molar-refractivity contribution in [1.29, 1.82) is 0 Å². The van der Waals surface area contributed by atoms with Gasteiger partial charge >= 0.3 is 0 Å². The second-order valence-corrected chi connectivity index (χ2v) is 5.76. The van der Waals surface area contributed by atoms with Gasteiger partial charge in [0.1, 0.15) is 0 Å². The number of carbonyl (C=O) groups is 1. The highest BCUT2D eigenvalue weighted by atomic mass is 35.5. The Morgan fingerprint density at radius 2 is 2.00 bits per heavy atom. The number of carbonyl (C=O) groups excluding carboxylic acids is 1. The predicted molar refractivity (Wildman–Crippen MR) is 67.1 cm³/mol. The molecule has 1 aromatic rings. The van der Waals surface area contributed by atoms with E-state index in [0.717, 1.165) is 0 Å². The zero-order valence-corrected chi connectivity index (χ0v) is 11.0. The normalized spacial score (nSPS) is 11.2. The van der Waals surface area contributed by atoms with Gasteiger partial charge < -0.3 is 0 Å². The minimum atomic E-state index is -3.66. The topological polar surface area (TPSA) is 63.2 Å². The molecule has 0 atom stereocenters. The van der Waals surface area contributed by atoms with Crippen LogP contribution in [0.2, 0.25) is 5.02 Å². The molecule has 0 saturated heterocycles. The Morgan fingerprint density at radius 3 is 2.59 bits per heavy atom. The molecule has 1 aromatic carbocycles. The molecule has 94 valence electrons. The maximum Gasteiger partial charge on any atom is 0.239 e. The van der Waals surface area contributed by atoms with E-state index in [4.69, 9.17) is 11.6 Å². The quantitative estimate of drug-likeness (QED) is 0.895. The summed E-state index contributed by atoms with van der Waals surface area (Å²) in [7, 11) is -3.66. The molecule has 0 bridgehead atoms. The van der Waals surface area contributed by atoms with Gasteiger partial charge in [0.2, 0.25) is 15.9 Å². The maximum atomic E-state index is 11.6. The first kappa shape index (κ1) is 14.0. The summed E-state index contributed by atoms with van der Waals surface area (Å²) in [5.74, 6) is -0.776. The summed E-state index contributed by atoms with van der Waals surface area (Å²) in [5, 5.41) is 0.376. The van der Waals surface area contributed by atoms with Gasteiger partial charge in [-0.2, -0.15) is 0 Å². The summed E-state index contributed by atoms with van der Waals surface area (Å²) < 4.78 is 25.3. The van der Waals surface area contributed by atoms with Crippen molar-refractivity contribution < 1.29 is 13.2 Å². The molecule has 0 aliphatic carbocycles. The largest absolute Gasteiger partial charge is 0.274 e. The van der Waals surface area contributed by atoms with Gasteiger partial charge in [-0.3, -0.25) is 9.52 Å². The van der Waals surface area contributed by atoms with E-state index in [9.17, 15) is 13.2 Å². The van der Waals surface area contributed by atoms with Crippen molar-refractivity contribution >= 4 is 27.5 Å². The zero-order valence-electron chi connectivity index (χ0n) is 9.44. The van der Waals surface area contributed by atoms with Crippen LogP contribution in [0.1, 0.15) is 25.3 Å². The van der Waals surface area contributed by atoms with E-state index in [-0.39, 0.29) is 12.2 Å². The van der Waals surface area contributed by atoms with E-state index in [1.54, 1.807) is 31.2 Å². The van der Waals surface area contributed by atoms with Crippen molar-refractivity contribution in [2.24, 2.45) is 0 Å². The fourth-order valence-electron chi connectivity index (χ4n) is 1.31. The predicted octanol–water partition coefficient (Wildman–Crippen LogP) is 2.09. The van der Waals surface area contributed by atoms with Gasteiger partial charge in [-0.05, 0) is 18.1 Å². The van der Waals surface area contributed by atoms with Gasteiger partial charge in [0.15, 0.2) is 0 Å². The number of rotatable bonds is 5. The summed E-state index contributed by atoms with van der Waals surface area (Å²) in [6.07, 6.45) is 0.801. The Hall–Kier alpha value is -1.07. The van der Waals surface area contributed by atoms with Gasteiger partial charge in [-0.25, -0.2) is 8.42 Å². The van der Waals surface area contributed by atoms with Gasteiger partial charge in [-0.1, -0.05) is 36.7 Å². The molecule has 0 radical (unpaired) electrons. The highest BCUT2D eigenvalue weighted by molar-refractivity contribution is 7.89. The Bertz CT molecular complexity index is 499. The molecular weight excluding hydrogens is 262 g/mol. The second kappa shape index (κ2) is 6.02. The van der Waals surface area contributed by atoms with Crippen LogP contribution in [0, 0.1) is 0 Å². The van der Waals surface area contributed by atoms with Crippen LogP contribution >= 0.6 is 11.6 Å². The smallest absolute Gasteiger partial charge is 0.239 e. The number of nitrogens with one attached hydrogen (secondary N) is 1. The van der Waals surface area contributed by atoms with Crippen LogP contribution in [0.15, 0.2) is 24.3 Å². The van der Waals surface area contributed by atoms with Crippen molar-refractivity contribution in [1.82, 2.24) is 4.72 Å². The number of hydrogen-bond donors (Lipinski definition) is 1. The van der Waals surface area contributed by atoms with Crippen molar-refractivity contribution in [3.8, 4) is 0 Å². The minimum Gasteiger partial charge on any atom is -0.274 e. The number of hydrogen-bond acceptors (Lipinski definition) is 3. The Balaban J connectivity index is 2.74. The van der Waals surface area contributed by atoms with E-state index >= 15 is 0 Å². The Kier molecular flexibility index (Phi) is 4.96. The van der Waals surface area contributed by atoms with Crippen LogP contribution in [0.25, 0.3) is 0 Å². The average Bonchev–Trinajstić information content (AvgIpc) is 2.20. The molecule has 17 heavy (non-hydrogen) atoms. The van der Waals surface area contributed by atoms with Crippen molar-refractivity contribution in [2.75, 3.05) is 0 Å². The summed E-state index contributed by atoms with van der Waals surface area (Å²) >= 11 is 5.85. The molecule has 1 amide bonds. The van der Waals surface area contributed by atoms with Gasteiger partial charge in [0.25, 0.3) is 0 Å². The number of benzene rings is 1. The average molecular weight is 276 g/mol. The molecule has 0 unspecified atom stereocenters. The molecule has 1 rings (SSSR count). The highest BCUT2D eigenvalue weighted by Gasteiger charge is 2.16. The third kappa shape index (κ3) is 4.75. The van der Waals surface area contributed by atoms with Crippen molar-refractivity contribution in [3.63, 3.8) is 0 Å². The monoisotopic (exact) mass is 275 g/mol. The van der Waals surface area contributed by atoms with Crippen LogP contribution in [-0.2, 0) is 20.6 Å². The van der Waals surface area contributed by atoms with E-state index in [0.29, 0.717) is 17.0 Å². The van der Waals surface area contributed by atoms with E-state index in [2.05, 4.69) is 0 Å². The Labute approximate surface area is 106 Å². The first-order valence-corrected chi connectivity index (χ1v) is 7.24. The fourth-order valence-corrected chi connectivity index (χ4v) is 2.77. The van der Waals surface area contributed by atoms with Gasteiger partial charge in [0.05, 0.1) is 5.75 Å². The summed E-state index contributed by atoms with van der Waals surface area (Å²) in [6.45, 7) is 1.81. The summed E-state index contributed by atoms with van der Waals surface area (Å²) in [5.41, 5.74) is 0.478. The highest BCUT2D eigenvalue weighted by Crippen LogP contribution is 2.17. The van der Waals surface area contributed by atoms with Gasteiger partial charge in [-0.15, -0.1) is 0 Å². The molecular formula is C11H14ClNO3S. The van der Waals surface area contributed by atoms with Crippen LogP contribution in [0.5, 0.6) is 0 Å². The number of sulfonamides is 1. The third-order valence-corrected chi connectivity index (χ3v) is 3.65. The molecule has 0 spiro atoms. The maximum absolute atomic E-state index is 11.6. The standard InChI is InChI=1S/C11H14ClNO3S/c1-2-5-11(14)13-17(15,16)8-9-6-3-4-7-10(9)12/h3-4,6-7H,2,5,8H2,1H3,(H,13,14). The molecule has 0 aromatic heterocycles. The molecule has 0 heterocycles. The SMILES string of the molecule is CCCC(=O)NS(=O)(=O)Cc1ccccc1Cl. The van der Waals surface area contributed by atoms with E-state index < -0.39 is 15.9 Å². The van der Waals surface area contributed by atoms with Crippen molar-refractivity contribution in [2.45, 2.75) is 25.5 Å². The number of amides is 1. The minimum absolute atomic E-state index is 0.196. The molecule has 6 heteroatoms. The molecule has 1 N–H and O–H groups in total. The lowest BCUT2D eigenvalue weighted by atomic mass is 10.2. The van der Waals surface area contributed by atoms with E-state index in [1.807, 2.05) is 4.72 Å². The van der Waals surface area contributed by atoms with Gasteiger partial charge in [0, 0.05) is 11.4 Å². The zero-order chi connectivity index (χ0) is 12.9. The van der Waals surface area contributed by atoms with Crippen LogP contribution in [0.3, 0.4) is 0 Å². The van der Waals surface area contributed by atoms with Crippen LogP contribution in [-0.4, -0.2) is 14.3 Å². The lowest BCUT2D eigenvalue weighted by Crippen LogP contribution is -2.31.